The average molecular weight is 343 g/mol. The summed E-state index contributed by atoms with van der Waals surface area (Å²) in [6.45, 7) is 6.43. The molecular weight excluding hydrogens is 324 g/mol. The maximum atomic E-state index is 11.1. The molecule has 0 radical (unpaired) electrons. The largest absolute Gasteiger partial charge is 0.477 e. The number of hydrogen-bond acceptors (Lipinski definition) is 2. The first-order valence-electron chi connectivity index (χ1n) is 7.75. The van der Waals surface area contributed by atoms with Crippen molar-refractivity contribution in [3.63, 3.8) is 0 Å². The van der Waals surface area contributed by atoms with E-state index in [0.29, 0.717) is 11.4 Å². The van der Waals surface area contributed by atoms with E-state index in [1.807, 2.05) is 24.3 Å². The maximum absolute atomic E-state index is 11.1. The van der Waals surface area contributed by atoms with Gasteiger partial charge in [-0.1, -0.05) is 44.5 Å². The summed E-state index contributed by atoms with van der Waals surface area (Å²) in [6, 6.07) is 10.9. The number of nitrogens with one attached hydrogen (secondary N) is 1. The van der Waals surface area contributed by atoms with E-state index in [1.54, 1.807) is 6.07 Å². The Morgan fingerprint density at radius 2 is 2.00 bits per heavy atom. The number of nitrogens with zero attached hydrogens (tertiary/aromatic N) is 1. The Morgan fingerprint density at radius 3 is 2.67 bits per heavy atom. The number of fused-ring (bicyclic) bond motifs is 1. The van der Waals surface area contributed by atoms with Gasteiger partial charge < -0.3 is 10.1 Å². The highest BCUT2D eigenvalue weighted by atomic mass is 35.5. The highest BCUT2D eigenvalue weighted by Gasteiger charge is 2.23. The van der Waals surface area contributed by atoms with Gasteiger partial charge in [0.1, 0.15) is 5.69 Å². The molecule has 0 aliphatic rings. The molecule has 4 nitrogen and oxygen atoms in total. The van der Waals surface area contributed by atoms with Crippen molar-refractivity contribution < 1.29 is 9.90 Å². The summed E-state index contributed by atoms with van der Waals surface area (Å²) in [4.78, 5) is 18.9. The number of aromatic amines is 1. The molecular formula is C19H19ClN2O2. The Kier molecular flexibility index (Phi) is 4.10. The van der Waals surface area contributed by atoms with Crippen LogP contribution in [0.5, 0.6) is 0 Å². The van der Waals surface area contributed by atoms with E-state index in [1.165, 1.54) is 6.07 Å². The van der Waals surface area contributed by atoms with E-state index in [9.17, 15) is 4.79 Å². The van der Waals surface area contributed by atoms with Gasteiger partial charge >= 0.3 is 5.97 Å². The molecule has 5 heteroatoms. The van der Waals surface area contributed by atoms with Gasteiger partial charge in [0, 0.05) is 39.1 Å². The molecule has 3 rings (SSSR count). The Morgan fingerprint density at radius 1 is 1.25 bits per heavy atom. The van der Waals surface area contributed by atoms with Gasteiger partial charge in [0.2, 0.25) is 0 Å². The Hall–Kier alpha value is -2.33. The minimum atomic E-state index is -1.02. The van der Waals surface area contributed by atoms with Gasteiger partial charge in [-0.25, -0.2) is 9.78 Å². The zero-order chi connectivity index (χ0) is 17.5. The summed E-state index contributed by atoms with van der Waals surface area (Å²) in [5.41, 5.74) is 3.94. The van der Waals surface area contributed by atoms with E-state index in [4.69, 9.17) is 16.7 Å². The summed E-state index contributed by atoms with van der Waals surface area (Å²) < 4.78 is 0. The topological polar surface area (TPSA) is 66.0 Å². The second-order valence-corrected chi connectivity index (χ2v) is 7.35. The van der Waals surface area contributed by atoms with Crippen LogP contribution in [0, 0.1) is 0 Å². The third-order valence-electron chi connectivity index (χ3n) is 4.00. The monoisotopic (exact) mass is 342 g/mol. The van der Waals surface area contributed by atoms with Crippen LogP contribution in [0.2, 0.25) is 5.02 Å². The number of aromatic nitrogens is 2. The Bertz CT molecular complexity index is 923. The van der Waals surface area contributed by atoms with Crippen LogP contribution in [0.1, 0.15) is 48.2 Å². The minimum Gasteiger partial charge on any atom is -0.477 e. The normalized spacial score (nSPS) is 11.8. The zero-order valence-corrected chi connectivity index (χ0v) is 14.6. The number of H-pyrrole nitrogens is 1. The molecule has 124 valence electrons. The molecule has 0 saturated carbocycles. The molecule has 0 unspecified atom stereocenters. The van der Waals surface area contributed by atoms with Crippen LogP contribution in [0.25, 0.3) is 10.9 Å². The number of carboxylic acid groups (broad SMARTS) is 1. The SMILES string of the molecule is CC(C)(C)c1[nH]c2cc(Cl)ccc2c1Cc1cccc(C(=O)O)n1. The second kappa shape index (κ2) is 5.95. The van der Waals surface area contributed by atoms with Gasteiger partial charge in [-0.05, 0) is 29.8 Å². The third kappa shape index (κ3) is 3.15. The number of carbonyl (C=O) groups is 1. The van der Waals surface area contributed by atoms with Crippen molar-refractivity contribution >= 4 is 28.5 Å². The highest BCUT2D eigenvalue weighted by Crippen LogP contribution is 2.33. The molecule has 24 heavy (non-hydrogen) atoms. The standard InChI is InChI=1S/C19H19ClN2O2/c1-19(2,3)17-14(13-8-7-11(20)9-16(13)22-17)10-12-5-4-6-15(21-12)18(23)24/h4-9,22H,10H2,1-3H3,(H,23,24). The number of aromatic carboxylic acids is 1. The lowest BCUT2D eigenvalue weighted by Crippen LogP contribution is -2.14. The summed E-state index contributed by atoms with van der Waals surface area (Å²) in [6.07, 6.45) is 0.565. The lowest BCUT2D eigenvalue weighted by Gasteiger charge is -2.19. The lowest BCUT2D eigenvalue weighted by molar-refractivity contribution is 0.0690. The molecule has 2 heterocycles. The van der Waals surface area contributed by atoms with Gasteiger partial charge in [-0.15, -0.1) is 0 Å². The fourth-order valence-corrected chi connectivity index (χ4v) is 3.10. The van der Waals surface area contributed by atoms with E-state index >= 15 is 0 Å². The first kappa shape index (κ1) is 16.5. The van der Waals surface area contributed by atoms with Crippen molar-refractivity contribution in [2.45, 2.75) is 32.6 Å². The van der Waals surface area contributed by atoms with Crippen LogP contribution < -0.4 is 0 Å². The van der Waals surface area contributed by atoms with Crippen molar-refractivity contribution in [3.05, 3.63) is 64.1 Å². The van der Waals surface area contributed by atoms with Crippen LogP contribution >= 0.6 is 11.6 Å². The van der Waals surface area contributed by atoms with Crippen molar-refractivity contribution in [3.8, 4) is 0 Å². The average Bonchev–Trinajstić information content (AvgIpc) is 2.85. The van der Waals surface area contributed by atoms with Crippen molar-refractivity contribution in [2.75, 3.05) is 0 Å². The summed E-state index contributed by atoms with van der Waals surface area (Å²) in [5, 5.41) is 10.9. The molecule has 0 aliphatic carbocycles. The van der Waals surface area contributed by atoms with Gasteiger partial charge in [0.05, 0.1) is 0 Å². The van der Waals surface area contributed by atoms with E-state index in [-0.39, 0.29) is 11.1 Å². The number of pyridine rings is 1. The smallest absolute Gasteiger partial charge is 0.354 e. The molecule has 0 fully saturated rings. The number of hydrogen-bond donors (Lipinski definition) is 2. The van der Waals surface area contributed by atoms with Crippen LogP contribution in [0.3, 0.4) is 0 Å². The molecule has 0 aliphatic heterocycles. The molecule has 3 aromatic rings. The number of rotatable bonds is 3. The Labute approximate surface area is 145 Å². The van der Waals surface area contributed by atoms with Crippen LogP contribution in [-0.2, 0) is 11.8 Å². The van der Waals surface area contributed by atoms with Gasteiger partial charge in [0.15, 0.2) is 0 Å². The molecule has 2 aromatic heterocycles. The van der Waals surface area contributed by atoms with Crippen molar-refractivity contribution in [1.29, 1.82) is 0 Å². The van der Waals surface area contributed by atoms with Gasteiger partial charge in [-0.2, -0.15) is 0 Å². The maximum Gasteiger partial charge on any atom is 0.354 e. The Balaban J connectivity index is 2.14. The molecule has 0 saturated heterocycles. The first-order valence-corrected chi connectivity index (χ1v) is 8.13. The lowest BCUT2D eigenvalue weighted by atomic mass is 9.87. The molecule has 0 spiro atoms. The number of benzene rings is 1. The van der Waals surface area contributed by atoms with Gasteiger partial charge in [0.25, 0.3) is 0 Å². The van der Waals surface area contributed by atoms with Gasteiger partial charge in [-0.3, -0.25) is 0 Å². The predicted octanol–water partition coefficient (Wildman–Crippen LogP) is 4.80. The fourth-order valence-electron chi connectivity index (χ4n) is 2.93. The summed E-state index contributed by atoms with van der Waals surface area (Å²) >= 11 is 6.11. The zero-order valence-electron chi connectivity index (χ0n) is 13.9. The van der Waals surface area contributed by atoms with Crippen LogP contribution in [0.4, 0.5) is 0 Å². The predicted molar refractivity (Wildman–Crippen MR) is 96.0 cm³/mol. The summed E-state index contributed by atoms with van der Waals surface area (Å²) in [7, 11) is 0. The molecule has 0 atom stereocenters. The van der Waals surface area contributed by atoms with E-state index in [2.05, 4.69) is 30.7 Å². The van der Waals surface area contributed by atoms with Crippen molar-refractivity contribution in [1.82, 2.24) is 9.97 Å². The highest BCUT2D eigenvalue weighted by molar-refractivity contribution is 6.31. The number of halogens is 1. The van der Waals surface area contributed by atoms with Crippen LogP contribution in [0.15, 0.2) is 36.4 Å². The third-order valence-corrected chi connectivity index (χ3v) is 4.24. The first-order chi connectivity index (χ1) is 11.3. The van der Waals surface area contributed by atoms with E-state index < -0.39 is 5.97 Å². The summed E-state index contributed by atoms with van der Waals surface area (Å²) in [5.74, 6) is -1.02. The van der Waals surface area contributed by atoms with E-state index in [0.717, 1.165) is 27.9 Å². The number of carboxylic acids is 1. The second-order valence-electron chi connectivity index (χ2n) is 6.91. The minimum absolute atomic E-state index is 0.0627. The molecule has 1 aromatic carbocycles. The quantitative estimate of drug-likeness (QED) is 0.718. The molecule has 0 amide bonds. The van der Waals surface area contributed by atoms with Crippen LogP contribution in [-0.4, -0.2) is 21.0 Å². The molecule has 0 bridgehead atoms. The molecule has 2 N–H and O–H groups in total. The van der Waals surface area contributed by atoms with Crippen molar-refractivity contribution in [2.24, 2.45) is 0 Å². The fraction of sp³-hybridized carbons (Fsp3) is 0.263.